The number of carboxylic acid groups (broad SMARTS) is 1. The minimum atomic E-state index is -5.04. The Morgan fingerprint density at radius 3 is 2.26 bits per heavy atom. The summed E-state index contributed by atoms with van der Waals surface area (Å²) in [6.45, 7) is 4.30. The first-order chi connectivity index (χ1) is 33.0. The molecular formula is C49H48ClF4N7O8. The van der Waals surface area contributed by atoms with Crippen molar-refractivity contribution in [1.82, 2.24) is 19.9 Å². The fourth-order valence-corrected chi connectivity index (χ4v) is 10.1. The predicted octanol–water partition coefficient (Wildman–Crippen LogP) is 10.1. The molecule has 3 fully saturated rings. The van der Waals surface area contributed by atoms with Crippen LogP contribution >= 0.6 is 11.6 Å². The molecule has 2 N–H and O–H groups in total. The zero-order valence-electron chi connectivity index (χ0n) is 38.2. The van der Waals surface area contributed by atoms with Gasteiger partial charge in [0.05, 0.1) is 67.2 Å². The second-order valence-electron chi connectivity index (χ2n) is 17.6. The van der Waals surface area contributed by atoms with Gasteiger partial charge in [-0.3, -0.25) is 5.32 Å². The number of aryl methyl sites for hydroxylation is 1. The maximum Gasteiger partial charge on any atom is 0.418 e. The summed E-state index contributed by atoms with van der Waals surface area (Å²) in [6, 6.07) is 18.1. The van der Waals surface area contributed by atoms with Crippen molar-refractivity contribution in [2.75, 3.05) is 69.4 Å². The van der Waals surface area contributed by atoms with Gasteiger partial charge in [-0.15, -0.1) is 0 Å². The Morgan fingerprint density at radius 1 is 0.986 bits per heavy atom. The van der Waals surface area contributed by atoms with Crippen molar-refractivity contribution in [2.45, 2.75) is 57.6 Å². The smallest absolute Gasteiger partial charge is 0.418 e. The lowest BCUT2D eigenvalue weighted by atomic mass is 9.63. The van der Waals surface area contributed by atoms with Gasteiger partial charge in [0.25, 0.3) is 0 Å². The number of hydrogen-bond acceptors (Lipinski definition) is 13. The quantitative estimate of drug-likeness (QED) is 0.0881. The molecule has 1 amide bonds. The van der Waals surface area contributed by atoms with E-state index in [0.29, 0.717) is 43.1 Å². The summed E-state index contributed by atoms with van der Waals surface area (Å²) in [5.74, 6) is 0.0251. The molecular weight excluding hydrogens is 926 g/mol. The zero-order chi connectivity index (χ0) is 48.8. The van der Waals surface area contributed by atoms with Crippen molar-refractivity contribution in [1.29, 1.82) is 0 Å². The molecule has 69 heavy (non-hydrogen) atoms. The number of benzene rings is 3. The first-order valence-electron chi connectivity index (χ1n) is 22.0. The molecule has 15 nitrogen and oxygen atoms in total. The van der Waals surface area contributed by atoms with E-state index in [9.17, 15) is 9.90 Å². The second-order valence-corrected chi connectivity index (χ2v) is 18.0. The third-order valence-corrected chi connectivity index (χ3v) is 13.2. The first kappa shape index (κ1) is 47.4. The van der Waals surface area contributed by atoms with Gasteiger partial charge in [-0.1, -0.05) is 41.9 Å². The van der Waals surface area contributed by atoms with E-state index < -0.39 is 57.1 Å². The van der Waals surface area contributed by atoms with Crippen LogP contribution in [0.3, 0.4) is 0 Å². The number of alkyl halides is 3. The molecule has 20 heteroatoms. The van der Waals surface area contributed by atoms with Crippen LogP contribution in [0.4, 0.5) is 39.8 Å². The van der Waals surface area contributed by atoms with Crippen LogP contribution < -0.4 is 34.1 Å². The summed E-state index contributed by atoms with van der Waals surface area (Å²) in [5.41, 5.74) is -2.21. The van der Waals surface area contributed by atoms with Crippen molar-refractivity contribution in [3.63, 3.8) is 0 Å². The molecule has 1 aliphatic carbocycles. The minimum absolute atomic E-state index is 0.0150. The molecule has 10 rings (SSSR count). The number of methoxy groups -OCH3 is 3. The van der Waals surface area contributed by atoms with E-state index in [1.54, 1.807) is 74.5 Å². The molecule has 0 spiro atoms. The molecule has 1 atom stereocenters. The Hall–Kier alpha value is -6.70. The average Bonchev–Trinajstić information content (AvgIpc) is 3.78. The Morgan fingerprint density at radius 2 is 1.65 bits per heavy atom. The van der Waals surface area contributed by atoms with Gasteiger partial charge in [0, 0.05) is 37.4 Å². The summed E-state index contributed by atoms with van der Waals surface area (Å²) >= 11 is 7.18. The highest BCUT2D eigenvalue weighted by atomic mass is 35.5. The van der Waals surface area contributed by atoms with Crippen LogP contribution in [0, 0.1) is 18.2 Å². The van der Waals surface area contributed by atoms with Crippen molar-refractivity contribution < 1.29 is 55.9 Å². The second kappa shape index (κ2) is 18.7. The molecule has 0 unspecified atom stereocenters. The predicted molar refractivity (Wildman–Crippen MR) is 248 cm³/mol. The first-order valence-corrected chi connectivity index (χ1v) is 22.4. The summed E-state index contributed by atoms with van der Waals surface area (Å²) in [4.78, 5) is 33.6. The van der Waals surface area contributed by atoms with Crippen LogP contribution in [0.15, 0.2) is 72.9 Å². The minimum Gasteiger partial charge on any atom is -0.497 e. The van der Waals surface area contributed by atoms with Crippen molar-refractivity contribution >= 4 is 46.1 Å². The highest BCUT2D eigenvalue weighted by Gasteiger charge is 2.63. The number of rotatable bonds is 16. The van der Waals surface area contributed by atoms with E-state index in [2.05, 4.69) is 20.3 Å². The van der Waals surface area contributed by atoms with Crippen LogP contribution in [0.1, 0.15) is 53.6 Å². The largest absolute Gasteiger partial charge is 0.497 e. The number of pyridine rings is 2. The highest BCUT2D eigenvalue weighted by Crippen LogP contribution is 2.58. The summed E-state index contributed by atoms with van der Waals surface area (Å²) in [6.07, 6.45) is -3.68. The van der Waals surface area contributed by atoms with Gasteiger partial charge in [-0.05, 0) is 79.8 Å². The Bertz CT molecular complexity index is 2860. The third-order valence-electron chi connectivity index (χ3n) is 12.9. The van der Waals surface area contributed by atoms with Crippen LogP contribution in [0.2, 0.25) is 5.02 Å². The van der Waals surface area contributed by atoms with Crippen LogP contribution in [0.5, 0.6) is 23.3 Å². The number of halogens is 5. The van der Waals surface area contributed by atoms with Gasteiger partial charge in [0.2, 0.25) is 0 Å². The van der Waals surface area contributed by atoms with Crippen LogP contribution in [-0.2, 0) is 28.7 Å². The van der Waals surface area contributed by atoms with E-state index in [1.165, 1.54) is 19.2 Å². The molecule has 6 heterocycles. The molecule has 2 bridgehead atoms. The molecule has 3 aliphatic heterocycles. The number of amides is 1. The van der Waals surface area contributed by atoms with Gasteiger partial charge in [-0.25, -0.2) is 19.2 Å². The van der Waals surface area contributed by atoms with Gasteiger partial charge in [0.1, 0.15) is 53.3 Å². The fourth-order valence-electron chi connectivity index (χ4n) is 9.80. The van der Waals surface area contributed by atoms with E-state index in [1.807, 2.05) is 24.3 Å². The van der Waals surface area contributed by atoms with Gasteiger partial charge >= 0.3 is 18.3 Å². The van der Waals surface area contributed by atoms with Crippen molar-refractivity contribution in [3.05, 3.63) is 112 Å². The Kier molecular flexibility index (Phi) is 12.8. The SMILES string of the molecule is COCC12COC(COc3nc4c5c(c(Cl)c(-c6nc(N(Cc7ccc(OC)cc7)Cc7ccc(OC)cc7)cc(C)c6C(F)(F)F)c(F)c5n3)OCCN4[C@H](C)c3cccnc3NC(=O)O)(C1)C2. The Balaban J connectivity index is 1.22. The molecule has 1 saturated carbocycles. The third kappa shape index (κ3) is 9.17. The molecule has 2 saturated heterocycles. The highest BCUT2D eigenvalue weighted by molar-refractivity contribution is 6.36. The lowest BCUT2D eigenvalue weighted by Gasteiger charge is -2.43. The van der Waals surface area contributed by atoms with E-state index in [4.69, 9.17) is 45.0 Å². The molecule has 4 aliphatic rings. The summed E-state index contributed by atoms with van der Waals surface area (Å²) in [5, 5.41) is 11.4. The van der Waals surface area contributed by atoms with Crippen molar-refractivity contribution in [3.8, 4) is 34.5 Å². The van der Waals surface area contributed by atoms with Gasteiger partial charge < -0.3 is 43.3 Å². The van der Waals surface area contributed by atoms with Crippen molar-refractivity contribution in [2.24, 2.45) is 5.41 Å². The normalized spacial score (nSPS) is 18.8. The number of carbonyl (C=O) groups is 1. The molecule has 3 aromatic carbocycles. The van der Waals surface area contributed by atoms with Crippen LogP contribution in [0.25, 0.3) is 22.2 Å². The maximum atomic E-state index is 18.1. The monoisotopic (exact) mass is 973 g/mol. The Labute approximate surface area is 399 Å². The number of fused-ring (bicyclic) bond motifs is 1. The van der Waals surface area contributed by atoms with E-state index in [-0.39, 0.29) is 78.4 Å². The number of anilines is 3. The number of aromatic nitrogens is 4. The molecule has 362 valence electrons. The van der Waals surface area contributed by atoms with E-state index in [0.717, 1.165) is 11.1 Å². The van der Waals surface area contributed by atoms with E-state index >= 15 is 17.6 Å². The number of hydrogen-bond donors (Lipinski definition) is 2. The molecule has 6 aromatic rings. The topological polar surface area (TPSA) is 163 Å². The zero-order valence-corrected chi connectivity index (χ0v) is 39.0. The fraction of sp³-hybridized carbons (Fsp3) is 0.367. The van der Waals surface area contributed by atoms with Gasteiger partial charge in [-0.2, -0.15) is 23.1 Å². The lowest BCUT2D eigenvalue weighted by Crippen LogP contribution is -2.50. The van der Waals surface area contributed by atoms with Gasteiger partial charge in [0.15, 0.2) is 11.6 Å². The average molecular weight is 974 g/mol. The summed E-state index contributed by atoms with van der Waals surface area (Å²) < 4.78 is 99.5. The molecule has 3 aromatic heterocycles. The lowest BCUT2D eigenvalue weighted by molar-refractivity contribution is -0.137. The standard InChI is InChI=1S/C49H48ClF4N7O8/c1-27-19-34(60(20-29-8-12-31(65-4)13-9-29)21-30-10-14-32(66-5)15-11-30)56-40(37(27)49(52,53)54)35-38(50)42-36-41(39(35)51)57-45(68-26-48-22-47(23-48,24-64-3)25-69-48)59-44(36)61(17-18-67-42)28(2)33-7-6-16-55-43(33)58-46(62)63/h6-16,19,28H,17-18,20-26H2,1-5H3,(H,55,58)(H,62,63)/t28-,47?,48?/m1/s1. The number of ether oxygens (including phenoxy) is 6. The number of nitrogens with one attached hydrogen (secondary N) is 1. The number of nitrogens with zero attached hydrogens (tertiary/aromatic N) is 6. The van der Waals surface area contributed by atoms with Crippen LogP contribution in [-0.4, -0.2) is 91.0 Å². The molecule has 0 radical (unpaired) electrons. The maximum absolute atomic E-state index is 18.1. The summed E-state index contributed by atoms with van der Waals surface area (Å²) in [7, 11) is 4.71.